The quantitative estimate of drug-likeness (QED) is 0.0190. The molecule has 0 aliphatic carbocycles. The maximum absolute atomic E-state index is 13.6. The lowest BCUT2D eigenvalue weighted by atomic mass is 9.93. The summed E-state index contributed by atoms with van der Waals surface area (Å²) in [7, 11) is 0. The topological polar surface area (TPSA) is 107 Å². The average molecular weight is 932 g/mol. The summed E-state index contributed by atoms with van der Waals surface area (Å²) in [6.45, 7) is 19.1. The molecule has 9 nitrogen and oxygen atoms in total. The molecule has 12 heteroatoms. The van der Waals surface area contributed by atoms with E-state index in [0.29, 0.717) is 88.6 Å². The maximum atomic E-state index is 13.6. The first kappa shape index (κ1) is 52.0. The highest BCUT2D eigenvalue weighted by molar-refractivity contribution is 6.32. The Morgan fingerprint density at radius 3 is 0.825 bits per heavy atom. The van der Waals surface area contributed by atoms with Crippen molar-refractivity contribution in [3.05, 3.63) is 36.4 Å². The standard InChI is InChI=1S/C51H69Cl3O9/c1-10-16-19-22-58-40-25-34-37(28-43(40)61-49(55)46(52)31(7)13-4)35-26-41(59-23-20-17-11-2)45(63-51(57)48(54)33(9)15-6)30-39(35)36-27-42(60-24-21-18-12-3)44(29-38(34)36)62-50(56)47(53)32(8)14-5/h25-33,46-48H,10-24H2,1-9H3/t31-,32-,33-,46-,47-,48-/m0/s1. The van der Waals surface area contributed by atoms with Crippen molar-refractivity contribution in [3.63, 3.8) is 0 Å². The molecule has 0 spiro atoms. The number of rotatable bonds is 27. The van der Waals surface area contributed by atoms with E-state index in [1.807, 2.05) is 59.7 Å². The van der Waals surface area contributed by atoms with Crippen LogP contribution in [0.1, 0.15) is 139 Å². The van der Waals surface area contributed by atoms with Crippen LogP contribution in [0.3, 0.4) is 0 Å². The van der Waals surface area contributed by atoms with Crippen molar-refractivity contribution in [1.82, 2.24) is 0 Å². The Hall–Kier alpha value is -3.66. The Bertz CT molecular complexity index is 1870. The zero-order chi connectivity index (χ0) is 46.2. The van der Waals surface area contributed by atoms with Gasteiger partial charge in [0.2, 0.25) is 0 Å². The highest BCUT2D eigenvalue weighted by Gasteiger charge is 2.29. The molecule has 0 aliphatic rings. The zero-order valence-electron chi connectivity index (χ0n) is 38.8. The van der Waals surface area contributed by atoms with Crippen LogP contribution >= 0.6 is 34.8 Å². The van der Waals surface area contributed by atoms with Crippen LogP contribution in [-0.2, 0) is 14.4 Å². The van der Waals surface area contributed by atoms with E-state index < -0.39 is 34.0 Å². The first-order valence-corrected chi connectivity index (χ1v) is 24.6. The molecule has 0 aliphatic heterocycles. The van der Waals surface area contributed by atoms with Crippen LogP contribution in [0.25, 0.3) is 32.3 Å². The van der Waals surface area contributed by atoms with Crippen LogP contribution in [0, 0.1) is 17.8 Å². The summed E-state index contributed by atoms with van der Waals surface area (Å²) in [6, 6.07) is 10.9. The first-order valence-electron chi connectivity index (χ1n) is 23.2. The lowest BCUT2D eigenvalue weighted by molar-refractivity contribution is -0.135. The number of unbranched alkanes of at least 4 members (excludes halogenated alkanes) is 6. The van der Waals surface area contributed by atoms with Gasteiger partial charge in [0.05, 0.1) is 19.8 Å². The van der Waals surface area contributed by atoms with Crippen molar-refractivity contribution in [1.29, 1.82) is 0 Å². The van der Waals surface area contributed by atoms with Crippen molar-refractivity contribution in [3.8, 4) is 34.5 Å². The van der Waals surface area contributed by atoms with Gasteiger partial charge in [-0.2, -0.15) is 0 Å². The third-order valence-corrected chi connectivity index (χ3v) is 13.7. The van der Waals surface area contributed by atoms with Gasteiger partial charge in [0.1, 0.15) is 16.1 Å². The van der Waals surface area contributed by atoms with Crippen molar-refractivity contribution >= 4 is 85.0 Å². The van der Waals surface area contributed by atoms with E-state index in [0.717, 1.165) is 57.8 Å². The third kappa shape index (κ3) is 13.7. The van der Waals surface area contributed by atoms with Gasteiger partial charge in [-0.25, -0.2) is 0 Å². The smallest absolute Gasteiger partial charge is 0.329 e. The van der Waals surface area contributed by atoms with Gasteiger partial charge in [-0.3, -0.25) is 14.4 Å². The minimum atomic E-state index is -0.886. The summed E-state index contributed by atoms with van der Waals surface area (Å²) in [5.74, 6) is -0.462. The van der Waals surface area contributed by atoms with Gasteiger partial charge in [-0.05, 0) is 106 Å². The van der Waals surface area contributed by atoms with Gasteiger partial charge in [0.25, 0.3) is 0 Å². The number of halogens is 3. The van der Waals surface area contributed by atoms with Crippen molar-refractivity contribution < 1.29 is 42.8 Å². The second-order valence-electron chi connectivity index (χ2n) is 16.8. The molecule has 0 amide bonds. The van der Waals surface area contributed by atoms with Crippen LogP contribution in [0.2, 0.25) is 0 Å². The first-order chi connectivity index (χ1) is 30.2. The summed E-state index contributed by atoms with van der Waals surface area (Å²) in [5.41, 5.74) is 0. The Kier molecular flexibility index (Phi) is 21.2. The molecule has 0 unspecified atom stereocenters. The molecule has 0 N–H and O–H groups in total. The number of carbonyl (C=O) groups excluding carboxylic acids is 3. The molecule has 0 saturated carbocycles. The molecule has 348 valence electrons. The number of hydrogen-bond acceptors (Lipinski definition) is 9. The van der Waals surface area contributed by atoms with E-state index in [4.69, 9.17) is 63.2 Å². The van der Waals surface area contributed by atoms with Crippen LogP contribution in [0.4, 0.5) is 0 Å². The van der Waals surface area contributed by atoms with Gasteiger partial charge >= 0.3 is 17.9 Å². The number of esters is 3. The van der Waals surface area contributed by atoms with Crippen molar-refractivity contribution in [2.45, 2.75) is 155 Å². The Balaban J connectivity index is 2.15. The van der Waals surface area contributed by atoms with Gasteiger partial charge in [0.15, 0.2) is 34.5 Å². The predicted octanol–water partition coefficient (Wildman–Crippen LogP) is 14.5. The molecule has 63 heavy (non-hydrogen) atoms. The fourth-order valence-corrected chi connectivity index (χ4v) is 7.68. The molecule has 0 bridgehead atoms. The maximum Gasteiger partial charge on any atom is 0.329 e. The summed E-state index contributed by atoms with van der Waals surface area (Å²) in [6.07, 6.45) is 10.3. The summed E-state index contributed by atoms with van der Waals surface area (Å²) >= 11 is 20.0. The van der Waals surface area contributed by atoms with Gasteiger partial charge < -0.3 is 28.4 Å². The summed E-state index contributed by atoms with van der Waals surface area (Å²) in [4.78, 5) is 40.9. The molecule has 0 radical (unpaired) electrons. The van der Waals surface area contributed by atoms with E-state index in [1.165, 1.54) is 0 Å². The number of hydrogen-bond donors (Lipinski definition) is 0. The lowest BCUT2D eigenvalue weighted by Crippen LogP contribution is -2.27. The Morgan fingerprint density at radius 2 is 0.619 bits per heavy atom. The highest BCUT2D eigenvalue weighted by Crippen LogP contribution is 2.48. The lowest BCUT2D eigenvalue weighted by Gasteiger charge is -2.21. The molecule has 4 aromatic rings. The van der Waals surface area contributed by atoms with Gasteiger partial charge in [-0.1, -0.05) is 120 Å². The second-order valence-corrected chi connectivity index (χ2v) is 18.2. The molecule has 0 aromatic heterocycles. The predicted molar refractivity (Wildman–Crippen MR) is 258 cm³/mol. The zero-order valence-corrected chi connectivity index (χ0v) is 41.1. The van der Waals surface area contributed by atoms with E-state index in [9.17, 15) is 14.4 Å². The largest absolute Gasteiger partial charge is 0.490 e. The molecular weight excluding hydrogens is 863 g/mol. The molecule has 0 fully saturated rings. The number of fused-ring (bicyclic) bond motifs is 6. The SMILES string of the molecule is CCCCCOc1cc2c(cc1OC(=O)[C@@H](Cl)[C@@H](C)CC)c1cc(OCCCCC)c(OC(=O)[C@@H](Cl)[C@@H](C)CC)cc1c1cc(OCCCCC)c(OC(=O)[C@@H](Cl)[C@@H](C)CC)cc21. The van der Waals surface area contributed by atoms with Crippen molar-refractivity contribution in [2.75, 3.05) is 19.8 Å². The molecule has 4 aromatic carbocycles. The Morgan fingerprint density at radius 1 is 0.397 bits per heavy atom. The normalized spacial score (nSPS) is 14.5. The van der Waals surface area contributed by atoms with Crippen LogP contribution < -0.4 is 28.4 Å². The number of alkyl halides is 3. The fourth-order valence-electron chi connectivity index (χ4n) is 7.01. The number of carbonyl (C=O) groups is 3. The number of ether oxygens (including phenoxy) is 6. The fraction of sp³-hybridized carbons (Fsp3) is 0.588. The summed E-state index contributed by atoms with van der Waals surface area (Å²) in [5, 5.41) is 1.50. The molecule has 0 heterocycles. The van der Waals surface area contributed by atoms with Crippen LogP contribution in [0.15, 0.2) is 36.4 Å². The summed E-state index contributed by atoms with van der Waals surface area (Å²) < 4.78 is 37.6. The third-order valence-electron chi connectivity index (χ3n) is 11.9. The van der Waals surface area contributed by atoms with E-state index in [2.05, 4.69) is 20.8 Å². The second kappa shape index (κ2) is 25.7. The van der Waals surface area contributed by atoms with E-state index in [-0.39, 0.29) is 35.0 Å². The molecule has 0 saturated heterocycles. The average Bonchev–Trinajstić information content (AvgIpc) is 3.29. The minimum Gasteiger partial charge on any atom is -0.490 e. The monoisotopic (exact) mass is 930 g/mol. The van der Waals surface area contributed by atoms with E-state index >= 15 is 0 Å². The molecule has 6 atom stereocenters. The molecule has 4 rings (SSSR count). The Labute approximate surface area is 390 Å². The minimum absolute atomic E-state index is 0.132. The molecular formula is C51H69Cl3O9. The van der Waals surface area contributed by atoms with Crippen LogP contribution in [0.5, 0.6) is 34.5 Å². The van der Waals surface area contributed by atoms with Gasteiger partial charge in [-0.15, -0.1) is 34.8 Å². The van der Waals surface area contributed by atoms with Gasteiger partial charge in [0, 0.05) is 0 Å². The number of benzene rings is 4. The highest BCUT2D eigenvalue weighted by atomic mass is 35.5. The van der Waals surface area contributed by atoms with E-state index in [1.54, 1.807) is 18.2 Å². The van der Waals surface area contributed by atoms with Crippen LogP contribution in [-0.4, -0.2) is 53.9 Å². The van der Waals surface area contributed by atoms with Crippen molar-refractivity contribution in [2.24, 2.45) is 17.8 Å².